The van der Waals surface area contributed by atoms with E-state index in [9.17, 15) is 5.11 Å². The molecule has 30 heavy (non-hydrogen) atoms. The fourth-order valence-corrected chi connectivity index (χ4v) is 5.40. The number of nitrogens with two attached hydrogens (primary N) is 1. The van der Waals surface area contributed by atoms with Gasteiger partial charge in [0.05, 0.1) is 6.20 Å². The minimum absolute atomic E-state index is 0.0305. The van der Waals surface area contributed by atoms with Gasteiger partial charge in [-0.1, -0.05) is 29.5 Å². The molecule has 3 N–H and O–H groups in total. The molecular weight excluding hydrogens is 398 g/mol. The van der Waals surface area contributed by atoms with E-state index >= 15 is 0 Å². The van der Waals surface area contributed by atoms with Gasteiger partial charge in [-0.25, -0.2) is 4.98 Å². The Morgan fingerprint density at radius 3 is 2.73 bits per heavy atom. The summed E-state index contributed by atoms with van der Waals surface area (Å²) in [4.78, 5) is 13.0. The van der Waals surface area contributed by atoms with Crippen LogP contribution in [0, 0.1) is 11.8 Å². The Hall–Kier alpha value is -2.33. The molecule has 0 unspecified atom stereocenters. The van der Waals surface area contributed by atoms with Gasteiger partial charge in [0, 0.05) is 29.8 Å². The lowest BCUT2D eigenvalue weighted by molar-refractivity contribution is 0.110. The van der Waals surface area contributed by atoms with E-state index in [2.05, 4.69) is 56.9 Å². The van der Waals surface area contributed by atoms with Gasteiger partial charge in [0.1, 0.15) is 10.6 Å². The number of halogens is 1. The van der Waals surface area contributed by atoms with Crippen LogP contribution in [0.2, 0.25) is 5.02 Å². The minimum Gasteiger partial charge on any atom is -0.378 e. The number of likely N-dealkylation sites (tertiary alicyclic amines) is 1. The van der Waals surface area contributed by atoms with Gasteiger partial charge < -0.3 is 20.6 Å². The van der Waals surface area contributed by atoms with E-state index in [-0.39, 0.29) is 11.4 Å². The van der Waals surface area contributed by atoms with Crippen LogP contribution in [0.5, 0.6) is 0 Å². The summed E-state index contributed by atoms with van der Waals surface area (Å²) in [5, 5.41) is 11.1. The molecule has 1 spiro atoms. The maximum absolute atomic E-state index is 10.6. The van der Waals surface area contributed by atoms with Crippen molar-refractivity contribution >= 4 is 29.1 Å². The summed E-state index contributed by atoms with van der Waals surface area (Å²) in [7, 11) is 2.16. The van der Waals surface area contributed by atoms with Gasteiger partial charge >= 0.3 is 0 Å². The number of nitrogens with zero attached hydrogens (tertiary/aromatic N) is 4. The highest BCUT2D eigenvalue weighted by atomic mass is 35.5. The first kappa shape index (κ1) is 19.6. The van der Waals surface area contributed by atoms with Crippen LogP contribution in [0.3, 0.4) is 0 Å². The molecule has 1 atom stereocenters. The molecule has 1 aliphatic carbocycles. The topological polar surface area (TPSA) is 78.5 Å². The molecule has 1 saturated carbocycles. The summed E-state index contributed by atoms with van der Waals surface area (Å²) >= 11 is 6.48. The second kappa shape index (κ2) is 7.12. The van der Waals surface area contributed by atoms with Crippen LogP contribution in [0.1, 0.15) is 43.2 Å². The number of rotatable bonds is 1. The molecule has 6 nitrogen and oxygen atoms in total. The maximum Gasteiger partial charge on any atom is 0.222 e. The van der Waals surface area contributed by atoms with E-state index in [0.29, 0.717) is 10.8 Å². The zero-order valence-electron chi connectivity index (χ0n) is 17.2. The van der Waals surface area contributed by atoms with Crippen molar-refractivity contribution < 1.29 is 5.11 Å². The van der Waals surface area contributed by atoms with Gasteiger partial charge in [-0.3, -0.25) is 0 Å². The number of hydrogen-bond donors (Lipinski definition) is 2. The fraction of sp³-hybridized carbons (Fsp3) is 0.478. The molecule has 5 rings (SSSR count). The zero-order chi connectivity index (χ0) is 20.9. The summed E-state index contributed by atoms with van der Waals surface area (Å²) in [5.41, 5.74) is 8.31. The molecule has 2 aliphatic heterocycles. The summed E-state index contributed by atoms with van der Waals surface area (Å²) in [6, 6.07) is 6.36. The Labute approximate surface area is 182 Å². The Kier molecular flexibility index (Phi) is 4.66. The van der Waals surface area contributed by atoms with Crippen LogP contribution in [-0.4, -0.2) is 52.3 Å². The molecule has 156 valence electrons. The standard InChI is InChI=1S/C23H26ClN5O/c1-28-11-10-22(14-28)15-29(20-18(24)13-26-21(25)27-20)19-12-16(4-5-17(19)22)6-9-23(30)7-2-3-8-23/h4-5,12-13,30H,2-3,7-8,10-11,14-15H2,1H3,(H2,25,26,27)/t22-/m1/s1. The van der Waals surface area contributed by atoms with E-state index in [1.807, 2.05) is 0 Å². The van der Waals surface area contributed by atoms with Crippen molar-refractivity contribution in [2.24, 2.45) is 0 Å². The maximum atomic E-state index is 10.6. The predicted octanol–water partition coefficient (Wildman–Crippen LogP) is 3.09. The van der Waals surface area contributed by atoms with E-state index < -0.39 is 5.60 Å². The van der Waals surface area contributed by atoms with Gasteiger partial charge in [0.25, 0.3) is 0 Å². The molecule has 7 heteroatoms. The number of aromatic nitrogens is 2. The molecule has 0 bridgehead atoms. The van der Waals surface area contributed by atoms with Crippen LogP contribution < -0.4 is 10.6 Å². The number of likely N-dealkylation sites (N-methyl/N-ethyl adjacent to an activating group) is 1. The van der Waals surface area contributed by atoms with Crippen molar-refractivity contribution in [3.63, 3.8) is 0 Å². The van der Waals surface area contributed by atoms with E-state index in [1.165, 1.54) is 5.56 Å². The van der Waals surface area contributed by atoms with Gasteiger partial charge in [0.15, 0.2) is 5.82 Å². The average Bonchev–Trinajstić information content (AvgIpc) is 3.41. The number of aliphatic hydroxyl groups is 1. The highest BCUT2D eigenvalue weighted by Gasteiger charge is 2.47. The number of benzene rings is 1. The molecule has 2 aromatic rings. The Balaban J connectivity index is 1.59. The van der Waals surface area contributed by atoms with E-state index in [1.54, 1.807) is 6.20 Å². The Morgan fingerprint density at radius 2 is 2.00 bits per heavy atom. The lowest BCUT2D eigenvalue weighted by Gasteiger charge is -2.25. The summed E-state index contributed by atoms with van der Waals surface area (Å²) in [5.74, 6) is 7.17. The molecule has 1 saturated heterocycles. The second-order valence-corrected chi connectivity index (χ2v) is 9.38. The van der Waals surface area contributed by atoms with Crippen molar-refractivity contribution in [2.45, 2.75) is 43.1 Å². The first-order valence-electron chi connectivity index (χ1n) is 10.5. The quantitative estimate of drug-likeness (QED) is 0.686. The van der Waals surface area contributed by atoms with Crippen molar-refractivity contribution in [2.75, 3.05) is 37.3 Å². The van der Waals surface area contributed by atoms with Crippen molar-refractivity contribution in [3.8, 4) is 11.8 Å². The lowest BCUT2D eigenvalue weighted by Crippen LogP contribution is -2.34. The third-order valence-electron chi connectivity index (χ3n) is 6.74. The third-order valence-corrected chi connectivity index (χ3v) is 7.00. The first-order chi connectivity index (χ1) is 14.4. The van der Waals surface area contributed by atoms with Crippen LogP contribution in [0.25, 0.3) is 0 Å². The normalized spacial score (nSPS) is 24.8. The van der Waals surface area contributed by atoms with E-state index in [4.69, 9.17) is 17.3 Å². The van der Waals surface area contributed by atoms with Gasteiger partial charge in [-0.05, 0) is 63.4 Å². The fourth-order valence-electron chi connectivity index (χ4n) is 5.21. The van der Waals surface area contributed by atoms with Gasteiger partial charge in [-0.15, -0.1) is 0 Å². The SMILES string of the molecule is CN1CC[C@@]2(C1)CN(c1nc(N)ncc1Cl)c1cc(C#CC3(O)CCCC3)ccc12. The highest BCUT2D eigenvalue weighted by molar-refractivity contribution is 6.33. The summed E-state index contributed by atoms with van der Waals surface area (Å²) in [6.45, 7) is 2.84. The summed E-state index contributed by atoms with van der Waals surface area (Å²) in [6.07, 6.45) is 6.21. The number of fused-ring (bicyclic) bond motifs is 2. The first-order valence-corrected chi connectivity index (χ1v) is 10.9. The van der Waals surface area contributed by atoms with Crippen LogP contribution in [0.15, 0.2) is 24.4 Å². The van der Waals surface area contributed by atoms with Crippen LogP contribution in [0.4, 0.5) is 17.5 Å². The number of hydrogen-bond acceptors (Lipinski definition) is 6. The van der Waals surface area contributed by atoms with Crippen LogP contribution >= 0.6 is 11.6 Å². The Bertz CT molecular complexity index is 1060. The lowest BCUT2D eigenvalue weighted by atomic mass is 9.81. The average molecular weight is 424 g/mol. The van der Waals surface area contributed by atoms with Gasteiger partial charge in [-0.2, -0.15) is 4.98 Å². The van der Waals surface area contributed by atoms with Crippen molar-refractivity contribution in [1.82, 2.24) is 14.9 Å². The minimum atomic E-state index is -0.849. The molecule has 2 fully saturated rings. The second-order valence-electron chi connectivity index (χ2n) is 8.97. The van der Waals surface area contributed by atoms with Crippen molar-refractivity contribution in [1.29, 1.82) is 0 Å². The molecule has 1 aromatic heterocycles. The van der Waals surface area contributed by atoms with Crippen LogP contribution in [-0.2, 0) is 5.41 Å². The summed E-state index contributed by atoms with van der Waals surface area (Å²) < 4.78 is 0. The molecule has 1 aromatic carbocycles. The largest absolute Gasteiger partial charge is 0.378 e. The number of anilines is 3. The molecule has 3 heterocycles. The zero-order valence-corrected chi connectivity index (χ0v) is 17.9. The molecular formula is C23H26ClN5O. The van der Waals surface area contributed by atoms with Crippen molar-refractivity contribution in [3.05, 3.63) is 40.5 Å². The number of nitrogen functional groups attached to an aromatic ring is 1. The Morgan fingerprint density at radius 1 is 1.20 bits per heavy atom. The van der Waals surface area contributed by atoms with E-state index in [0.717, 1.165) is 63.0 Å². The van der Waals surface area contributed by atoms with Gasteiger partial charge in [0.2, 0.25) is 5.95 Å². The highest BCUT2D eigenvalue weighted by Crippen LogP contribution is 2.49. The smallest absolute Gasteiger partial charge is 0.222 e. The molecule has 0 radical (unpaired) electrons. The monoisotopic (exact) mass is 423 g/mol. The molecule has 3 aliphatic rings. The molecule has 0 amide bonds. The third kappa shape index (κ3) is 3.31. The predicted molar refractivity (Wildman–Crippen MR) is 119 cm³/mol.